The fraction of sp³-hybridized carbons (Fsp3) is 0.600. The first-order chi connectivity index (χ1) is 10.6. The van der Waals surface area contributed by atoms with Gasteiger partial charge in [0, 0.05) is 12.7 Å². The third-order valence-corrected chi connectivity index (χ3v) is 4.26. The molecule has 7 nitrogen and oxygen atoms in total. The molecule has 0 aliphatic carbocycles. The number of carbonyl (C=O) groups excluding carboxylic acids is 1. The van der Waals surface area contributed by atoms with Gasteiger partial charge >= 0.3 is 0 Å². The molecule has 1 aliphatic heterocycles. The smallest absolute Gasteiger partial charge is 0.247 e. The lowest BCUT2D eigenvalue weighted by molar-refractivity contribution is -0.138. The van der Waals surface area contributed by atoms with Crippen LogP contribution in [0.15, 0.2) is 25.0 Å². The molecule has 0 radical (unpaired) electrons. The fourth-order valence-electron chi connectivity index (χ4n) is 3.03. The average Bonchev–Trinajstić information content (AvgIpc) is 3.18. The van der Waals surface area contributed by atoms with Crippen LogP contribution in [0.25, 0.3) is 0 Å². The number of aryl methyl sites for hydroxylation is 1. The number of amides is 1. The van der Waals surface area contributed by atoms with Crippen molar-refractivity contribution in [3.63, 3.8) is 0 Å². The van der Waals surface area contributed by atoms with E-state index >= 15 is 0 Å². The zero-order chi connectivity index (χ0) is 15.5. The molecule has 3 rings (SSSR count). The highest BCUT2D eigenvalue weighted by atomic mass is 16.2. The van der Waals surface area contributed by atoms with Gasteiger partial charge in [0.05, 0.1) is 18.8 Å². The molecule has 118 valence electrons. The van der Waals surface area contributed by atoms with Crippen molar-refractivity contribution < 1.29 is 4.79 Å². The van der Waals surface area contributed by atoms with Crippen LogP contribution in [0.1, 0.15) is 37.8 Å². The van der Waals surface area contributed by atoms with Crippen molar-refractivity contribution in [2.45, 2.75) is 51.7 Å². The van der Waals surface area contributed by atoms with Gasteiger partial charge in [0.25, 0.3) is 0 Å². The van der Waals surface area contributed by atoms with E-state index in [2.05, 4.69) is 15.2 Å². The Kier molecular flexibility index (Phi) is 4.22. The lowest BCUT2D eigenvalue weighted by atomic mass is 10.0. The number of piperidine rings is 1. The summed E-state index contributed by atoms with van der Waals surface area (Å²) >= 11 is 0. The van der Waals surface area contributed by atoms with Crippen LogP contribution in [-0.2, 0) is 11.3 Å². The minimum atomic E-state index is -0.317. The molecule has 0 bridgehead atoms. The molecule has 1 saturated heterocycles. The molecule has 0 N–H and O–H groups in total. The van der Waals surface area contributed by atoms with E-state index in [1.165, 1.54) is 6.33 Å². The van der Waals surface area contributed by atoms with E-state index in [1.807, 2.05) is 35.8 Å². The summed E-state index contributed by atoms with van der Waals surface area (Å²) in [5, 5.41) is 8.43. The minimum Gasteiger partial charge on any atom is -0.336 e. The molecule has 2 atom stereocenters. The Hall–Kier alpha value is -2.18. The normalized spacial score (nSPS) is 20.1. The molecule has 3 heterocycles. The largest absolute Gasteiger partial charge is 0.336 e. The highest BCUT2D eigenvalue weighted by Gasteiger charge is 2.31. The monoisotopic (exact) mass is 302 g/mol. The van der Waals surface area contributed by atoms with E-state index < -0.39 is 0 Å². The molecule has 0 spiro atoms. The van der Waals surface area contributed by atoms with Gasteiger partial charge in [-0.15, -0.1) is 0 Å². The summed E-state index contributed by atoms with van der Waals surface area (Å²) in [7, 11) is 0. The number of aromatic nitrogens is 5. The summed E-state index contributed by atoms with van der Waals surface area (Å²) in [5.41, 5.74) is 1.14. The number of rotatable bonds is 4. The molecule has 7 heteroatoms. The number of hydrogen-bond acceptors (Lipinski definition) is 4. The van der Waals surface area contributed by atoms with Gasteiger partial charge in [-0.05, 0) is 38.7 Å². The Balaban J connectivity index is 1.73. The third kappa shape index (κ3) is 3.03. The quantitative estimate of drug-likeness (QED) is 0.856. The van der Waals surface area contributed by atoms with Crippen LogP contribution < -0.4 is 0 Å². The van der Waals surface area contributed by atoms with Crippen LogP contribution in [0.4, 0.5) is 0 Å². The fourth-order valence-corrected chi connectivity index (χ4v) is 3.03. The first kappa shape index (κ1) is 14.7. The summed E-state index contributed by atoms with van der Waals surface area (Å²) in [6, 6.07) is -0.117. The van der Waals surface area contributed by atoms with Gasteiger partial charge in [-0.3, -0.25) is 9.48 Å². The van der Waals surface area contributed by atoms with Crippen LogP contribution in [0.5, 0.6) is 0 Å². The van der Waals surface area contributed by atoms with Gasteiger partial charge in [-0.1, -0.05) is 0 Å². The van der Waals surface area contributed by atoms with Crippen molar-refractivity contribution in [1.82, 2.24) is 29.4 Å². The highest BCUT2D eigenvalue weighted by molar-refractivity contribution is 5.80. The van der Waals surface area contributed by atoms with E-state index in [0.29, 0.717) is 0 Å². The van der Waals surface area contributed by atoms with Gasteiger partial charge in [0.2, 0.25) is 5.91 Å². The lowest BCUT2D eigenvalue weighted by Gasteiger charge is -2.37. The first-order valence-electron chi connectivity index (χ1n) is 7.79. The van der Waals surface area contributed by atoms with Crippen LogP contribution in [0.2, 0.25) is 0 Å². The predicted octanol–water partition coefficient (Wildman–Crippen LogP) is 1.43. The Labute approximate surface area is 129 Å². The average molecular weight is 302 g/mol. The third-order valence-electron chi connectivity index (χ3n) is 4.26. The molecule has 0 saturated carbocycles. The second kappa shape index (κ2) is 6.29. The first-order valence-corrected chi connectivity index (χ1v) is 7.79. The van der Waals surface area contributed by atoms with E-state index in [0.717, 1.165) is 37.9 Å². The molecule has 0 unspecified atom stereocenters. The standard InChI is InChI=1S/C15H22N6O/c1-12-7-17-19(8-12)9-14-5-3-4-6-20(14)15(22)13(2)21-11-16-10-18-21/h7-8,10-11,13-14H,3-6,9H2,1-2H3/t13-,14+/m0/s1. The summed E-state index contributed by atoms with van der Waals surface area (Å²) in [4.78, 5) is 18.7. The topological polar surface area (TPSA) is 68.8 Å². The molecule has 2 aromatic heterocycles. The number of carbonyl (C=O) groups is 1. The SMILES string of the molecule is Cc1cnn(C[C@H]2CCCCN2C(=O)[C@H](C)n2cncn2)c1. The summed E-state index contributed by atoms with van der Waals surface area (Å²) in [6.07, 6.45) is 10.2. The van der Waals surface area contributed by atoms with Crippen LogP contribution in [0, 0.1) is 6.92 Å². The molecule has 0 aromatic carbocycles. The van der Waals surface area contributed by atoms with Crippen molar-refractivity contribution in [3.8, 4) is 0 Å². The molecule has 22 heavy (non-hydrogen) atoms. The maximum atomic E-state index is 12.8. The number of nitrogens with zero attached hydrogens (tertiary/aromatic N) is 6. The summed E-state index contributed by atoms with van der Waals surface area (Å²) in [6.45, 7) is 5.47. The van der Waals surface area contributed by atoms with Crippen molar-refractivity contribution in [3.05, 3.63) is 30.6 Å². The van der Waals surface area contributed by atoms with Gasteiger partial charge in [-0.25, -0.2) is 9.67 Å². The van der Waals surface area contributed by atoms with Gasteiger partial charge < -0.3 is 4.90 Å². The van der Waals surface area contributed by atoms with Crippen LogP contribution in [0.3, 0.4) is 0 Å². The van der Waals surface area contributed by atoms with Crippen molar-refractivity contribution in [2.75, 3.05) is 6.54 Å². The summed E-state index contributed by atoms with van der Waals surface area (Å²) in [5.74, 6) is 0.110. The predicted molar refractivity (Wildman–Crippen MR) is 81.0 cm³/mol. The van der Waals surface area contributed by atoms with E-state index in [4.69, 9.17) is 0 Å². The molecule has 1 amide bonds. The second-order valence-electron chi connectivity index (χ2n) is 5.97. The lowest BCUT2D eigenvalue weighted by Crippen LogP contribution is -2.48. The van der Waals surface area contributed by atoms with E-state index in [9.17, 15) is 4.79 Å². The zero-order valence-electron chi connectivity index (χ0n) is 13.1. The van der Waals surface area contributed by atoms with Crippen molar-refractivity contribution in [2.24, 2.45) is 0 Å². The Bertz CT molecular complexity index is 620. The Morgan fingerprint density at radius 3 is 2.95 bits per heavy atom. The number of hydrogen-bond donors (Lipinski definition) is 0. The van der Waals surface area contributed by atoms with Crippen molar-refractivity contribution in [1.29, 1.82) is 0 Å². The summed E-state index contributed by atoms with van der Waals surface area (Å²) < 4.78 is 3.55. The van der Waals surface area contributed by atoms with Crippen molar-refractivity contribution >= 4 is 5.91 Å². The van der Waals surface area contributed by atoms with Crippen LogP contribution in [-0.4, -0.2) is 47.9 Å². The molecule has 1 aliphatic rings. The zero-order valence-corrected chi connectivity index (χ0v) is 13.1. The van der Waals surface area contributed by atoms with Crippen LogP contribution >= 0.6 is 0 Å². The van der Waals surface area contributed by atoms with E-state index in [1.54, 1.807) is 11.0 Å². The molecular weight excluding hydrogens is 280 g/mol. The highest BCUT2D eigenvalue weighted by Crippen LogP contribution is 2.22. The molecular formula is C15H22N6O. The maximum absolute atomic E-state index is 12.8. The Morgan fingerprint density at radius 1 is 1.41 bits per heavy atom. The molecule has 2 aromatic rings. The second-order valence-corrected chi connectivity index (χ2v) is 5.97. The van der Waals surface area contributed by atoms with Gasteiger partial charge in [0.1, 0.15) is 18.7 Å². The van der Waals surface area contributed by atoms with E-state index in [-0.39, 0.29) is 18.0 Å². The number of likely N-dealkylation sites (tertiary alicyclic amines) is 1. The Morgan fingerprint density at radius 2 is 2.27 bits per heavy atom. The molecule has 1 fully saturated rings. The minimum absolute atomic E-state index is 0.110. The van der Waals surface area contributed by atoms with Gasteiger partial charge in [-0.2, -0.15) is 10.2 Å². The van der Waals surface area contributed by atoms with Gasteiger partial charge in [0.15, 0.2) is 0 Å². The maximum Gasteiger partial charge on any atom is 0.247 e.